The average molecular weight is 267 g/mol. The number of fused-ring (bicyclic) bond motifs is 1. The van der Waals surface area contributed by atoms with Crippen LogP contribution in [0.1, 0.15) is 34.3 Å². The molecule has 0 bridgehead atoms. The van der Waals surface area contributed by atoms with Crippen molar-refractivity contribution in [2.75, 3.05) is 6.61 Å². The van der Waals surface area contributed by atoms with Gasteiger partial charge in [0.1, 0.15) is 5.75 Å². The number of benzene rings is 1. The summed E-state index contributed by atoms with van der Waals surface area (Å²) in [5, 5.41) is 0. The van der Waals surface area contributed by atoms with Gasteiger partial charge in [0.25, 0.3) is 0 Å². The summed E-state index contributed by atoms with van der Waals surface area (Å²) in [6.45, 7) is 0.596. The maximum absolute atomic E-state index is 11.9. The van der Waals surface area contributed by atoms with Crippen molar-refractivity contribution in [3.8, 4) is 5.75 Å². The maximum atomic E-state index is 11.9. The van der Waals surface area contributed by atoms with Gasteiger partial charge < -0.3 is 4.74 Å². The molecule has 1 aromatic heterocycles. The van der Waals surface area contributed by atoms with E-state index in [0.717, 1.165) is 41.7 Å². The van der Waals surface area contributed by atoms with E-state index in [4.69, 9.17) is 4.74 Å². The van der Waals surface area contributed by atoms with E-state index in [0.29, 0.717) is 13.0 Å². The third kappa shape index (κ3) is 2.87. The lowest BCUT2D eigenvalue weighted by Crippen LogP contribution is -2.11. The fourth-order valence-corrected chi connectivity index (χ4v) is 2.53. The third-order valence-corrected chi connectivity index (χ3v) is 3.61. The molecule has 0 N–H and O–H groups in total. The normalized spacial score (nSPS) is 13.9. The lowest BCUT2D eigenvalue weighted by Gasteiger charge is -2.15. The lowest BCUT2D eigenvalue weighted by molar-refractivity contribution is 0.0972. The van der Waals surface area contributed by atoms with Crippen LogP contribution in [0.5, 0.6) is 5.75 Å². The smallest absolute Gasteiger partial charge is 0.163 e. The Morgan fingerprint density at radius 2 is 2.15 bits per heavy atom. The van der Waals surface area contributed by atoms with Crippen LogP contribution in [-0.2, 0) is 12.8 Å². The van der Waals surface area contributed by atoms with Gasteiger partial charge in [0.05, 0.1) is 6.61 Å². The van der Waals surface area contributed by atoms with Crippen molar-refractivity contribution in [1.29, 1.82) is 0 Å². The quantitative estimate of drug-likeness (QED) is 0.853. The first-order valence-corrected chi connectivity index (χ1v) is 7.01. The molecule has 102 valence electrons. The molecule has 1 aromatic carbocycles. The first kappa shape index (κ1) is 12.9. The highest BCUT2D eigenvalue weighted by molar-refractivity contribution is 5.98. The molecule has 1 aliphatic rings. The summed E-state index contributed by atoms with van der Waals surface area (Å²) in [4.78, 5) is 15.9. The van der Waals surface area contributed by atoms with Crippen molar-refractivity contribution in [1.82, 2.24) is 4.98 Å². The molecule has 0 atom stereocenters. The number of Topliss-reactive ketones (excluding diaryl/α,β-unsaturated/α-hetero) is 1. The molecule has 0 saturated carbocycles. The number of aryl methyl sites for hydroxylation is 1. The Bertz CT molecular complexity index is 608. The fourth-order valence-electron chi connectivity index (χ4n) is 2.53. The fraction of sp³-hybridized carbons (Fsp3) is 0.294. The minimum absolute atomic E-state index is 0.240. The van der Waals surface area contributed by atoms with Crippen molar-refractivity contribution >= 4 is 5.78 Å². The first-order valence-electron chi connectivity index (χ1n) is 7.01. The van der Waals surface area contributed by atoms with Gasteiger partial charge in [-0.1, -0.05) is 12.1 Å². The summed E-state index contributed by atoms with van der Waals surface area (Å²) >= 11 is 0. The number of carbonyl (C=O) groups excluding carboxylic acids is 1. The lowest BCUT2D eigenvalue weighted by atomic mass is 9.90. The zero-order chi connectivity index (χ0) is 13.8. The highest BCUT2D eigenvalue weighted by Crippen LogP contribution is 2.25. The molecule has 20 heavy (non-hydrogen) atoms. The SMILES string of the molecule is O=C1CCCc2ccc(OCCc3cccnc3)cc21. The zero-order valence-corrected chi connectivity index (χ0v) is 11.3. The number of rotatable bonds is 4. The van der Waals surface area contributed by atoms with Gasteiger partial charge in [0.2, 0.25) is 0 Å². The summed E-state index contributed by atoms with van der Waals surface area (Å²) in [6, 6.07) is 9.83. The molecular weight excluding hydrogens is 250 g/mol. The van der Waals surface area contributed by atoms with Gasteiger partial charge in [0, 0.05) is 30.8 Å². The first-order chi connectivity index (χ1) is 9.83. The summed E-state index contributed by atoms with van der Waals surface area (Å²) in [7, 11) is 0. The molecule has 0 unspecified atom stereocenters. The van der Waals surface area contributed by atoms with Crippen LogP contribution in [0.3, 0.4) is 0 Å². The number of hydrogen-bond acceptors (Lipinski definition) is 3. The molecule has 3 rings (SSSR count). The number of pyridine rings is 1. The number of aromatic nitrogens is 1. The van der Waals surface area contributed by atoms with E-state index in [-0.39, 0.29) is 5.78 Å². The Morgan fingerprint density at radius 3 is 3.00 bits per heavy atom. The van der Waals surface area contributed by atoms with Gasteiger partial charge in [-0.15, -0.1) is 0 Å². The Kier molecular flexibility index (Phi) is 3.77. The predicted molar refractivity (Wildman–Crippen MR) is 77.1 cm³/mol. The second kappa shape index (κ2) is 5.87. The second-order valence-corrected chi connectivity index (χ2v) is 5.06. The van der Waals surface area contributed by atoms with Gasteiger partial charge in [-0.2, -0.15) is 0 Å². The molecule has 0 spiro atoms. The molecule has 0 aliphatic heterocycles. The van der Waals surface area contributed by atoms with Crippen LogP contribution in [0.25, 0.3) is 0 Å². The predicted octanol–water partition coefficient (Wildman–Crippen LogP) is 3.22. The largest absolute Gasteiger partial charge is 0.493 e. The monoisotopic (exact) mass is 267 g/mol. The topological polar surface area (TPSA) is 39.2 Å². The van der Waals surface area contributed by atoms with Crippen molar-refractivity contribution in [3.63, 3.8) is 0 Å². The zero-order valence-electron chi connectivity index (χ0n) is 11.3. The van der Waals surface area contributed by atoms with Gasteiger partial charge in [-0.3, -0.25) is 9.78 Å². The van der Waals surface area contributed by atoms with Crippen molar-refractivity contribution < 1.29 is 9.53 Å². The molecule has 0 radical (unpaired) electrons. The summed E-state index contributed by atoms with van der Waals surface area (Å²) < 4.78 is 5.74. The standard InChI is InChI=1S/C17H17NO2/c19-17-5-1-4-14-6-7-15(11-16(14)17)20-10-8-13-3-2-9-18-12-13/h2-3,6-7,9,11-12H,1,4-5,8,10H2. The summed E-state index contributed by atoms with van der Waals surface area (Å²) in [5.41, 5.74) is 3.15. The molecular formula is C17H17NO2. The van der Waals surface area contributed by atoms with Crippen LogP contribution in [0, 0.1) is 0 Å². The third-order valence-electron chi connectivity index (χ3n) is 3.61. The maximum Gasteiger partial charge on any atom is 0.163 e. The molecule has 3 nitrogen and oxygen atoms in total. The van der Waals surface area contributed by atoms with Crippen molar-refractivity contribution in [2.24, 2.45) is 0 Å². The van der Waals surface area contributed by atoms with E-state index in [1.54, 1.807) is 6.20 Å². The number of hydrogen-bond donors (Lipinski definition) is 0. The van der Waals surface area contributed by atoms with Gasteiger partial charge >= 0.3 is 0 Å². The van der Waals surface area contributed by atoms with Gasteiger partial charge in [-0.25, -0.2) is 0 Å². The minimum atomic E-state index is 0.240. The highest BCUT2D eigenvalue weighted by Gasteiger charge is 2.17. The molecule has 1 heterocycles. The molecule has 0 saturated heterocycles. The van der Waals surface area contributed by atoms with Crippen LogP contribution in [0.15, 0.2) is 42.7 Å². The van der Waals surface area contributed by atoms with Gasteiger partial charge in [0.15, 0.2) is 5.78 Å². The molecule has 0 fully saturated rings. The van der Waals surface area contributed by atoms with E-state index in [2.05, 4.69) is 4.98 Å². The van der Waals surface area contributed by atoms with E-state index in [1.165, 1.54) is 0 Å². The van der Waals surface area contributed by atoms with Gasteiger partial charge in [-0.05, 0) is 42.2 Å². The van der Waals surface area contributed by atoms with E-state index in [9.17, 15) is 4.79 Å². The van der Waals surface area contributed by atoms with Crippen LogP contribution >= 0.6 is 0 Å². The number of carbonyl (C=O) groups is 1. The Balaban J connectivity index is 1.63. The minimum Gasteiger partial charge on any atom is -0.493 e. The van der Waals surface area contributed by atoms with E-state index in [1.807, 2.05) is 36.5 Å². The molecule has 2 aromatic rings. The van der Waals surface area contributed by atoms with Crippen LogP contribution in [0.4, 0.5) is 0 Å². The van der Waals surface area contributed by atoms with Crippen LogP contribution in [-0.4, -0.2) is 17.4 Å². The van der Waals surface area contributed by atoms with Crippen LogP contribution in [0.2, 0.25) is 0 Å². The number of nitrogens with zero attached hydrogens (tertiary/aromatic N) is 1. The Hall–Kier alpha value is -2.16. The molecule has 1 aliphatic carbocycles. The second-order valence-electron chi connectivity index (χ2n) is 5.06. The Labute approximate surface area is 118 Å². The number of ether oxygens (including phenoxy) is 1. The van der Waals surface area contributed by atoms with E-state index >= 15 is 0 Å². The van der Waals surface area contributed by atoms with Crippen LogP contribution < -0.4 is 4.74 Å². The van der Waals surface area contributed by atoms with Crippen molar-refractivity contribution in [2.45, 2.75) is 25.7 Å². The molecule has 0 amide bonds. The van der Waals surface area contributed by atoms with E-state index < -0.39 is 0 Å². The summed E-state index contributed by atoms with van der Waals surface area (Å²) in [6.07, 6.45) is 7.05. The average Bonchev–Trinajstić information content (AvgIpc) is 2.49. The Morgan fingerprint density at radius 1 is 1.20 bits per heavy atom. The molecule has 3 heteroatoms. The highest BCUT2D eigenvalue weighted by atomic mass is 16.5. The number of ketones is 1. The summed E-state index contributed by atoms with van der Waals surface area (Å²) in [5.74, 6) is 1.02. The van der Waals surface area contributed by atoms with Crippen molar-refractivity contribution in [3.05, 3.63) is 59.4 Å².